The van der Waals surface area contributed by atoms with Crippen molar-refractivity contribution in [3.63, 3.8) is 0 Å². The summed E-state index contributed by atoms with van der Waals surface area (Å²) in [6, 6.07) is 8.33. The molecule has 0 fully saturated rings. The number of nitrogens with two attached hydrogens (primary N) is 1. The summed E-state index contributed by atoms with van der Waals surface area (Å²) in [6.07, 6.45) is 0.803. The molecule has 0 aliphatic heterocycles. The first kappa shape index (κ1) is 16.0. The maximum Gasteiger partial charge on any atom is 0.123 e. The van der Waals surface area contributed by atoms with Gasteiger partial charge in [-0.1, -0.05) is 18.2 Å². The van der Waals surface area contributed by atoms with E-state index >= 15 is 0 Å². The minimum atomic E-state index is 0.236. The highest BCUT2D eigenvalue weighted by Crippen LogP contribution is 2.17. The highest BCUT2D eigenvalue weighted by molar-refractivity contribution is 5.32. The number of ether oxygens (including phenoxy) is 1. The Morgan fingerprint density at radius 1 is 1.26 bits per heavy atom. The number of hydrogen-bond acceptors (Lipinski definition) is 4. The molecule has 0 saturated heterocycles. The van der Waals surface area contributed by atoms with Gasteiger partial charge in [0.1, 0.15) is 12.4 Å². The number of hydrogen-bond donors (Lipinski definition) is 2. The third-order valence-electron chi connectivity index (χ3n) is 3.16. The fourth-order valence-corrected chi connectivity index (χ4v) is 1.99. The molecule has 4 heteroatoms. The van der Waals surface area contributed by atoms with E-state index < -0.39 is 0 Å². The zero-order valence-corrected chi connectivity index (χ0v) is 12.0. The van der Waals surface area contributed by atoms with E-state index in [4.69, 9.17) is 15.6 Å². The number of aliphatic hydroxyl groups is 1. The zero-order chi connectivity index (χ0) is 14.1. The van der Waals surface area contributed by atoms with Gasteiger partial charge in [0.25, 0.3) is 0 Å². The first-order valence-electron chi connectivity index (χ1n) is 6.94. The van der Waals surface area contributed by atoms with Gasteiger partial charge in [0.2, 0.25) is 0 Å². The Morgan fingerprint density at radius 2 is 2.00 bits per heavy atom. The molecule has 1 rings (SSSR count). The van der Waals surface area contributed by atoms with Crippen molar-refractivity contribution in [2.45, 2.75) is 32.9 Å². The summed E-state index contributed by atoms with van der Waals surface area (Å²) in [4.78, 5) is 2.31. The van der Waals surface area contributed by atoms with E-state index in [0.29, 0.717) is 19.2 Å². The van der Waals surface area contributed by atoms with Gasteiger partial charge in [-0.05, 0) is 26.3 Å². The third kappa shape index (κ3) is 5.59. The Labute approximate surface area is 116 Å². The lowest BCUT2D eigenvalue weighted by molar-refractivity contribution is 0.160. The van der Waals surface area contributed by atoms with Crippen molar-refractivity contribution in [1.29, 1.82) is 0 Å². The topological polar surface area (TPSA) is 58.7 Å². The molecular weight excluding hydrogens is 240 g/mol. The normalized spacial score (nSPS) is 11.3. The second-order valence-electron chi connectivity index (χ2n) is 4.87. The van der Waals surface area contributed by atoms with Crippen LogP contribution in [0.2, 0.25) is 0 Å². The number of aliphatic hydroxyl groups excluding tert-OH is 1. The van der Waals surface area contributed by atoms with Gasteiger partial charge < -0.3 is 15.6 Å². The van der Waals surface area contributed by atoms with Crippen molar-refractivity contribution in [2.75, 3.05) is 26.3 Å². The summed E-state index contributed by atoms with van der Waals surface area (Å²) in [5.41, 5.74) is 6.71. The van der Waals surface area contributed by atoms with Crippen molar-refractivity contribution in [3.8, 4) is 5.75 Å². The fraction of sp³-hybridized carbons (Fsp3) is 0.600. The predicted octanol–water partition coefficient (Wildman–Crippen LogP) is 1.62. The van der Waals surface area contributed by atoms with Crippen LogP contribution in [0.4, 0.5) is 0 Å². The summed E-state index contributed by atoms with van der Waals surface area (Å²) >= 11 is 0. The number of benzene rings is 1. The Balaban J connectivity index is 2.42. The standard InChI is InChI=1S/C15H26N2O2/c1-13(2)17(8-5-10-18)9-11-19-15-7-4-3-6-14(15)12-16/h3-4,6-7,13,18H,5,8-12,16H2,1-2H3. The van der Waals surface area contributed by atoms with Crippen LogP contribution in [-0.4, -0.2) is 42.4 Å². The lowest BCUT2D eigenvalue weighted by Gasteiger charge is -2.26. The molecule has 0 aliphatic carbocycles. The Bertz CT molecular complexity index is 356. The molecule has 0 amide bonds. The Morgan fingerprint density at radius 3 is 2.63 bits per heavy atom. The van der Waals surface area contributed by atoms with Crippen molar-refractivity contribution in [2.24, 2.45) is 5.73 Å². The second kappa shape index (κ2) is 8.91. The molecule has 0 spiro atoms. The van der Waals surface area contributed by atoms with E-state index in [1.807, 2.05) is 24.3 Å². The predicted molar refractivity (Wildman–Crippen MR) is 78.2 cm³/mol. The summed E-state index contributed by atoms with van der Waals surface area (Å²) in [5, 5.41) is 8.90. The van der Waals surface area contributed by atoms with Gasteiger partial charge in [-0.3, -0.25) is 4.90 Å². The van der Waals surface area contributed by atoms with E-state index in [0.717, 1.165) is 30.8 Å². The molecule has 0 heterocycles. The van der Waals surface area contributed by atoms with Gasteiger partial charge in [-0.2, -0.15) is 0 Å². The van der Waals surface area contributed by atoms with E-state index in [2.05, 4.69) is 18.7 Å². The van der Waals surface area contributed by atoms with Gasteiger partial charge in [-0.25, -0.2) is 0 Å². The maximum absolute atomic E-state index is 8.90. The molecule has 0 aliphatic rings. The molecule has 19 heavy (non-hydrogen) atoms. The minimum absolute atomic E-state index is 0.236. The zero-order valence-electron chi connectivity index (χ0n) is 12.0. The van der Waals surface area contributed by atoms with Crippen LogP contribution >= 0.6 is 0 Å². The molecule has 0 aromatic heterocycles. The van der Waals surface area contributed by atoms with Crippen molar-refractivity contribution in [3.05, 3.63) is 29.8 Å². The molecule has 0 saturated carbocycles. The quantitative estimate of drug-likeness (QED) is 0.713. The van der Waals surface area contributed by atoms with E-state index in [-0.39, 0.29) is 6.61 Å². The first-order valence-corrected chi connectivity index (χ1v) is 6.94. The molecule has 0 unspecified atom stereocenters. The summed E-state index contributed by atoms with van der Waals surface area (Å²) in [7, 11) is 0. The van der Waals surface area contributed by atoms with Gasteiger partial charge in [0.15, 0.2) is 0 Å². The SMILES string of the molecule is CC(C)N(CCCO)CCOc1ccccc1CN. The highest BCUT2D eigenvalue weighted by Gasteiger charge is 2.09. The van der Waals surface area contributed by atoms with Gasteiger partial charge in [-0.15, -0.1) is 0 Å². The van der Waals surface area contributed by atoms with E-state index in [9.17, 15) is 0 Å². The van der Waals surface area contributed by atoms with Crippen LogP contribution in [0.25, 0.3) is 0 Å². The molecule has 0 radical (unpaired) electrons. The van der Waals surface area contributed by atoms with Gasteiger partial charge in [0.05, 0.1) is 0 Å². The number of para-hydroxylation sites is 1. The lowest BCUT2D eigenvalue weighted by Crippen LogP contribution is -2.35. The minimum Gasteiger partial charge on any atom is -0.492 e. The average molecular weight is 266 g/mol. The number of nitrogens with zero attached hydrogens (tertiary/aromatic N) is 1. The molecule has 0 atom stereocenters. The smallest absolute Gasteiger partial charge is 0.123 e. The highest BCUT2D eigenvalue weighted by atomic mass is 16.5. The molecule has 4 nitrogen and oxygen atoms in total. The maximum atomic E-state index is 8.90. The van der Waals surface area contributed by atoms with Crippen LogP contribution in [0.5, 0.6) is 5.75 Å². The Kier molecular flexibility index (Phi) is 7.48. The summed E-state index contributed by atoms with van der Waals surface area (Å²) < 4.78 is 5.80. The van der Waals surface area contributed by atoms with Crippen LogP contribution in [0.15, 0.2) is 24.3 Å². The monoisotopic (exact) mass is 266 g/mol. The van der Waals surface area contributed by atoms with Crippen molar-refractivity contribution >= 4 is 0 Å². The van der Waals surface area contributed by atoms with Crippen LogP contribution < -0.4 is 10.5 Å². The van der Waals surface area contributed by atoms with E-state index in [1.165, 1.54) is 0 Å². The van der Waals surface area contributed by atoms with E-state index in [1.54, 1.807) is 0 Å². The number of rotatable bonds is 9. The average Bonchev–Trinajstić information content (AvgIpc) is 2.42. The molecule has 1 aromatic carbocycles. The van der Waals surface area contributed by atoms with Gasteiger partial charge in [0, 0.05) is 37.8 Å². The third-order valence-corrected chi connectivity index (χ3v) is 3.16. The molecular formula is C15H26N2O2. The molecule has 0 bridgehead atoms. The van der Waals surface area contributed by atoms with Crippen molar-refractivity contribution < 1.29 is 9.84 Å². The fourth-order valence-electron chi connectivity index (χ4n) is 1.99. The lowest BCUT2D eigenvalue weighted by atomic mass is 10.2. The Hall–Kier alpha value is -1.10. The van der Waals surface area contributed by atoms with Crippen LogP contribution in [-0.2, 0) is 6.54 Å². The molecule has 108 valence electrons. The summed E-state index contributed by atoms with van der Waals surface area (Å²) in [6.45, 7) is 7.44. The van der Waals surface area contributed by atoms with Crippen molar-refractivity contribution in [1.82, 2.24) is 4.90 Å². The second-order valence-corrected chi connectivity index (χ2v) is 4.87. The van der Waals surface area contributed by atoms with Crippen LogP contribution in [0, 0.1) is 0 Å². The van der Waals surface area contributed by atoms with Crippen LogP contribution in [0.3, 0.4) is 0 Å². The van der Waals surface area contributed by atoms with Crippen LogP contribution in [0.1, 0.15) is 25.8 Å². The largest absolute Gasteiger partial charge is 0.492 e. The first-order chi connectivity index (χ1) is 9.19. The molecule has 3 N–H and O–H groups in total. The van der Waals surface area contributed by atoms with Gasteiger partial charge >= 0.3 is 0 Å². The molecule has 1 aromatic rings. The summed E-state index contributed by atoms with van der Waals surface area (Å²) in [5.74, 6) is 0.871.